The molecule has 1 spiro atoms. The third-order valence-corrected chi connectivity index (χ3v) is 7.55. The number of fused-ring (bicyclic) bond motifs is 1. The van der Waals surface area contributed by atoms with Crippen LogP contribution in [-0.4, -0.2) is 57.5 Å². The van der Waals surface area contributed by atoms with Crippen LogP contribution in [0.25, 0.3) is 10.9 Å². The number of halogens is 3. The van der Waals surface area contributed by atoms with Gasteiger partial charge in [-0.2, -0.15) is 18.3 Å². The summed E-state index contributed by atoms with van der Waals surface area (Å²) in [6.07, 6.45) is 0.707. The predicted molar refractivity (Wildman–Crippen MR) is 141 cm³/mol. The summed E-state index contributed by atoms with van der Waals surface area (Å²) in [5.74, 6) is -0.451. The highest BCUT2D eigenvalue weighted by Gasteiger charge is 2.47. The number of pyridine rings is 1. The van der Waals surface area contributed by atoms with E-state index in [-0.39, 0.29) is 23.2 Å². The molecule has 3 aromatic rings. The molecule has 1 saturated carbocycles. The minimum Gasteiger partial charge on any atom is -0.494 e. The fourth-order valence-corrected chi connectivity index (χ4v) is 5.46. The number of likely N-dealkylation sites (tertiary alicyclic amines) is 1. The number of hydrogen-bond acceptors (Lipinski definition) is 6. The number of hydrogen-bond donors (Lipinski definition) is 1. The topological polar surface area (TPSA) is 98.6 Å². The maximum absolute atomic E-state index is 13.0. The van der Waals surface area contributed by atoms with Crippen molar-refractivity contribution >= 4 is 28.6 Å². The number of benzene rings is 1. The standard InChI is InChI=1S/C28H32F3N5O4/c1-26(2,3)40-25(38)35-10-8-27(9-11-35)14-18(15-27)36-16-17-12-21(22(39-4)13-20(17)34-36)33-24(37)19-6-5-7-23(32-19)28(29,30)31/h5-7,12-13,16,18H,8-11,14-15H2,1-4H3,(H,33,37). The molecule has 5 rings (SSSR count). The van der Waals surface area contributed by atoms with Crippen molar-refractivity contribution in [2.24, 2.45) is 5.41 Å². The van der Waals surface area contributed by atoms with Crippen molar-refractivity contribution < 1.29 is 32.2 Å². The number of nitrogens with zero attached hydrogens (tertiary/aromatic N) is 4. The molecule has 0 bridgehead atoms. The van der Waals surface area contributed by atoms with Crippen LogP contribution < -0.4 is 10.1 Å². The summed E-state index contributed by atoms with van der Waals surface area (Å²) in [5, 5.41) is 8.10. The average Bonchev–Trinajstić information content (AvgIpc) is 3.27. The Bertz CT molecular complexity index is 1430. The lowest BCUT2D eigenvalue weighted by Gasteiger charge is -2.52. The number of alkyl halides is 3. The summed E-state index contributed by atoms with van der Waals surface area (Å²) in [4.78, 5) is 30.4. The van der Waals surface area contributed by atoms with E-state index in [9.17, 15) is 22.8 Å². The van der Waals surface area contributed by atoms with E-state index in [0.29, 0.717) is 30.0 Å². The summed E-state index contributed by atoms with van der Waals surface area (Å²) < 4.78 is 51.9. The second kappa shape index (κ2) is 9.97. The van der Waals surface area contributed by atoms with Crippen LogP contribution in [0.1, 0.15) is 68.7 Å². The Hall–Kier alpha value is -3.83. The highest BCUT2D eigenvalue weighted by molar-refractivity contribution is 6.05. The van der Waals surface area contributed by atoms with E-state index >= 15 is 0 Å². The smallest absolute Gasteiger partial charge is 0.433 e. The first-order valence-electron chi connectivity index (χ1n) is 13.2. The summed E-state index contributed by atoms with van der Waals surface area (Å²) in [5.41, 5.74) is -0.860. The minimum absolute atomic E-state index is 0.177. The minimum atomic E-state index is -4.66. The zero-order valence-corrected chi connectivity index (χ0v) is 22.8. The van der Waals surface area contributed by atoms with Crippen molar-refractivity contribution in [2.45, 2.75) is 64.3 Å². The van der Waals surface area contributed by atoms with Gasteiger partial charge in [0.05, 0.1) is 24.4 Å². The van der Waals surface area contributed by atoms with Crippen LogP contribution >= 0.6 is 0 Å². The van der Waals surface area contributed by atoms with Crippen LogP contribution in [0.5, 0.6) is 5.75 Å². The van der Waals surface area contributed by atoms with Crippen LogP contribution in [-0.2, 0) is 10.9 Å². The van der Waals surface area contributed by atoms with Crippen molar-refractivity contribution in [3.05, 3.63) is 47.9 Å². The van der Waals surface area contributed by atoms with Gasteiger partial charge >= 0.3 is 12.3 Å². The van der Waals surface area contributed by atoms with Gasteiger partial charge in [0.1, 0.15) is 22.7 Å². The third kappa shape index (κ3) is 5.71. The van der Waals surface area contributed by atoms with E-state index in [1.54, 1.807) is 17.0 Å². The number of nitrogens with one attached hydrogen (secondary N) is 1. The lowest BCUT2D eigenvalue weighted by Crippen LogP contribution is -2.50. The summed E-state index contributed by atoms with van der Waals surface area (Å²) in [6, 6.07) is 6.76. The maximum Gasteiger partial charge on any atom is 0.433 e. The molecule has 12 heteroatoms. The van der Waals surface area contributed by atoms with Crippen molar-refractivity contribution in [1.29, 1.82) is 0 Å². The summed E-state index contributed by atoms with van der Waals surface area (Å²) in [7, 11) is 1.44. The van der Waals surface area contributed by atoms with E-state index in [4.69, 9.17) is 14.6 Å². The average molecular weight is 560 g/mol. The number of ether oxygens (including phenoxy) is 2. The molecule has 1 aromatic carbocycles. The zero-order chi connectivity index (χ0) is 28.9. The second-order valence-corrected chi connectivity index (χ2v) is 11.6. The fraction of sp³-hybridized carbons (Fsp3) is 0.500. The normalized spacial score (nSPS) is 17.5. The Balaban J connectivity index is 1.25. The second-order valence-electron chi connectivity index (χ2n) is 11.6. The number of carbonyl (C=O) groups is 2. The van der Waals surface area contributed by atoms with Gasteiger partial charge in [-0.3, -0.25) is 9.48 Å². The number of anilines is 1. The van der Waals surface area contributed by atoms with E-state index in [1.165, 1.54) is 13.2 Å². The number of aromatic nitrogens is 3. The molecule has 2 amide bonds. The van der Waals surface area contributed by atoms with Crippen LogP contribution in [0.15, 0.2) is 36.5 Å². The van der Waals surface area contributed by atoms with Gasteiger partial charge in [0, 0.05) is 30.7 Å². The molecule has 1 aliphatic carbocycles. The van der Waals surface area contributed by atoms with Gasteiger partial charge < -0.3 is 19.7 Å². The first-order chi connectivity index (χ1) is 18.7. The van der Waals surface area contributed by atoms with Crippen molar-refractivity contribution in [3.63, 3.8) is 0 Å². The van der Waals surface area contributed by atoms with E-state index in [2.05, 4.69) is 10.3 Å². The molecule has 3 heterocycles. The first kappa shape index (κ1) is 27.7. The van der Waals surface area contributed by atoms with Crippen molar-refractivity contribution in [1.82, 2.24) is 19.7 Å². The maximum atomic E-state index is 13.0. The molecule has 2 aromatic heterocycles. The molecule has 1 saturated heterocycles. The Morgan fingerprint density at radius 3 is 2.42 bits per heavy atom. The van der Waals surface area contributed by atoms with Crippen LogP contribution in [0, 0.1) is 5.41 Å². The SMILES string of the molecule is COc1cc2nn(C3CC4(CCN(C(=O)OC(C)(C)C)CC4)C3)cc2cc1NC(=O)c1cccc(C(F)(F)F)n1. The van der Waals surface area contributed by atoms with Gasteiger partial charge in [0.25, 0.3) is 5.91 Å². The molecule has 40 heavy (non-hydrogen) atoms. The molecule has 2 aliphatic rings. The van der Waals surface area contributed by atoms with E-state index in [0.717, 1.165) is 43.2 Å². The monoisotopic (exact) mass is 559 g/mol. The molecule has 0 atom stereocenters. The lowest BCUT2D eigenvalue weighted by molar-refractivity contribution is -0.141. The molecule has 214 valence electrons. The largest absolute Gasteiger partial charge is 0.494 e. The van der Waals surface area contributed by atoms with Crippen LogP contribution in [0.3, 0.4) is 0 Å². The van der Waals surface area contributed by atoms with Crippen molar-refractivity contribution in [3.8, 4) is 5.75 Å². The van der Waals surface area contributed by atoms with E-state index in [1.807, 2.05) is 31.6 Å². The highest BCUT2D eigenvalue weighted by Crippen LogP contribution is 2.54. The van der Waals surface area contributed by atoms with E-state index < -0.39 is 23.4 Å². The quantitative estimate of drug-likeness (QED) is 0.417. The number of methoxy groups -OCH3 is 1. The Kier molecular flexibility index (Phi) is 6.91. The predicted octanol–water partition coefficient (Wildman–Crippen LogP) is 6.06. The van der Waals surface area contributed by atoms with Gasteiger partial charge in [-0.05, 0) is 70.1 Å². The Morgan fingerprint density at radius 2 is 1.80 bits per heavy atom. The fourth-order valence-electron chi connectivity index (χ4n) is 5.46. The van der Waals surface area contributed by atoms with Crippen LogP contribution in [0.2, 0.25) is 0 Å². The summed E-state index contributed by atoms with van der Waals surface area (Å²) in [6.45, 7) is 6.93. The lowest BCUT2D eigenvalue weighted by atomic mass is 9.60. The summed E-state index contributed by atoms with van der Waals surface area (Å²) >= 11 is 0. The van der Waals surface area contributed by atoms with Gasteiger partial charge in [-0.25, -0.2) is 9.78 Å². The van der Waals surface area contributed by atoms with Gasteiger partial charge in [-0.15, -0.1) is 0 Å². The first-order valence-corrected chi connectivity index (χ1v) is 13.2. The van der Waals surface area contributed by atoms with Gasteiger partial charge in [-0.1, -0.05) is 6.07 Å². The Morgan fingerprint density at radius 1 is 1.10 bits per heavy atom. The number of amides is 2. The molecular formula is C28H32F3N5O4. The highest BCUT2D eigenvalue weighted by atomic mass is 19.4. The molecule has 9 nitrogen and oxygen atoms in total. The number of piperidine rings is 1. The zero-order valence-electron chi connectivity index (χ0n) is 22.8. The van der Waals surface area contributed by atoms with Gasteiger partial charge in [0.15, 0.2) is 0 Å². The third-order valence-electron chi connectivity index (χ3n) is 7.55. The number of carbonyl (C=O) groups excluding carboxylic acids is 2. The molecule has 0 unspecified atom stereocenters. The number of rotatable bonds is 4. The molecular weight excluding hydrogens is 527 g/mol. The molecule has 0 radical (unpaired) electrons. The molecule has 1 N–H and O–H groups in total. The van der Waals surface area contributed by atoms with Gasteiger partial charge in [0.2, 0.25) is 0 Å². The Labute approximate surface area is 229 Å². The molecule has 1 aliphatic heterocycles. The van der Waals surface area contributed by atoms with Crippen LogP contribution in [0.4, 0.5) is 23.7 Å². The molecule has 2 fully saturated rings. The van der Waals surface area contributed by atoms with Crippen molar-refractivity contribution in [2.75, 3.05) is 25.5 Å².